The van der Waals surface area contributed by atoms with E-state index in [2.05, 4.69) is 41.2 Å². The van der Waals surface area contributed by atoms with Crippen molar-refractivity contribution < 1.29 is 18.7 Å². The Bertz CT molecular complexity index is 1540. The number of rotatable bonds is 8. The highest BCUT2D eigenvalue weighted by Gasteiger charge is 2.26. The Morgan fingerprint density at radius 1 is 1.05 bits per heavy atom. The first kappa shape index (κ1) is 26.7. The minimum absolute atomic E-state index is 0.0892. The summed E-state index contributed by atoms with van der Waals surface area (Å²) in [7, 11) is 3.62. The van der Waals surface area contributed by atoms with Gasteiger partial charge in [-0.25, -0.2) is 9.37 Å². The zero-order valence-corrected chi connectivity index (χ0v) is 22.4. The maximum Gasteiger partial charge on any atom is 0.262 e. The van der Waals surface area contributed by atoms with E-state index < -0.39 is 17.4 Å². The second-order valence-electron chi connectivity index (χ2n) is 10.1. The highest BCUT2D eigenvalue weighted by atomic mass is 19.1. The summed E-state index contributed by atoms with van der Waals surface area (Å²) in [6, 6.07) is 16.8. The number of methoxy groups -OCH3 is 1. The van der Waals surface area contributed by atoms with Crippen LogP contribution in [0.3, 0.4) is 0 Å². The SMILES string of the molecule is COCOc1ccc(F)cc1C(C(C)=O)n1cnc2ccc(-c3ccc(C4CCN(C)CC4)cc3)cc2c1=O. The predicted molar refractivity (Wildman–Crippen MR) is 149 cm³/mol. The van der Waals surface area contributed by atoms with E-state index in [0.29, 0.717) is 16.8 Å². The lowest BCUT2D eigenvalue weighted by Gasteiger charge is -2.29. The lowest BCUT2D eigenvalue weighted by molar-refractivity contribution is -0.119. The molecule has 202 valence electrons. The summed E-state index contributed by atoms with van der Waals surface area (Å²) < 4.78 is 26.1. The number of benzene rings is 3. The van der Waals surface area contributed by atoms with Gasteiger partial charge in [0.05, 0.1) is 17.2 Å². The van der Waals surface area contributed by atoms with Crippen molar-refractivity contribution in [1.29, 1.82) is 0 Å². The Morgan fingerprint density at radius 2 is 1.77 bits per heavy atom. The van der Waals surface area contributed by atoms with E-state index in [0.717, 1.165) is 37.1 Å². The molecular formula is C31H32FN3O4. The van der Waals surface area contributed by atoms with Crippen LogP contribution in [0.1, 0.15) is 42.9 Å². The molecule has 0 radical (unpaired) electrons. The van der Waals surface area contributed by atoms with Gasteiger partial charge in [-0.1, -0.05) is 30.3 Å². The predicted octanol–water partition coefficient (Wildman–Crippen LogP) is 5.17. The van der Waals surface area contributed by atoms with Crippen molar-refractivity contribution in [1.82, 2.24) is 14.5 Å². The molecule has 1 aliphatic rings. The van der Waals surface area contributed by atoms with Crippen LogP contribution in [0.15, 0.2) is 71.8 Å². The standard InChI is InChI=1S/C31H32FN3O4/c1-20(36)30(27-17-25(32)9-11-29(27)39-19-38-3)35-18-33-28-10-8-24(16-26(28)31(35)37)22-6-4-21(5-7-22)23-12-14-34(2)15-13-23/h4-11,16-18,23,30H,12-15,19H2,1-3H3. The molecule has 3 aromatic carbocycles. The number of hydrogen-bond acceptors (Lipinski definition) is 6. The van der Waals surface area contributed by atoms with Crippen LogP contribution in [0.4, 0.5) is 4.39 Å². The number of nitrogens with zero attached hydrogens (tertiary/aromatic N) is 3. The third kappa shape index (κ3) is 5.62. The fraction of sp³-hybridized carbons (Fsp3) is 0.323. The van der Waals surface area contributed by atoms with Gasteiger partial charge in [0.2, 0.25) is 0 Å². The highest BCUT2D eigenvalue weighted by Crippen LogP contribution is 2.32. The number of piperidine rings is 1. The van der Waals surface area contributed by atoms with Crippen molar-refractivity contribution in [2.75, 3.05) is 34.0 Å². The van der Waals surface area contributed by atoms with Gasteiger partial charge in [-0.15, -0.1) is 0 Å². The van der Waals surface area contributed by atoms with Gasteiger partial charge in [-0.05, 0) is 92.8 Å². The van der Waals surface area contributed by atoms with Gasteiger partial charge < -0.3 is 14.4 Å². The van der Waals surface area contributed by atoms with Crippen molar-refractivity contribution in [3.63, 3.8) is 0 Å². The van der Waals surface area contributed by atoms with Crippen molar-refractivity contribution in [3.8, 4) is 16.9 Å². The number of carbonyl (C=O) groups is 1. The molecule has 1 saturated heterocycles. The van der Waals surface area contributed by atoms with Crippen LogP contribution in [0, 0.1) is 5.82 Å². The summed E-state index contributed by atoms with van der Waals surface area (Å²) in [5.74, 6) is -0.0863. The van der Waals surface area contributed by atoms with E-state index >= 15 is 0 Å². The van der Waals surface area contributed by atoms with E-state index in [1.54, 1.807) is 12.1 Å². The first-order valence-corrected chi connectivity index (χ1v) is 13.1. The first-order chi connectivity index (χ1) is 18.9. The second-order valence-corrected chi connectivity index (χ2v) is 10.1. The Morgan fingerprint density at radius 3 is 2.46 bits per heavy atom. The molecule has 1 aliphatic heterocycles. The molecule has 5 rings (SSSR count). The topological polar surface area (TPSA) is 73.7 Å². The van der Waals surface area contributed by atoms with E-state index in [1.165, 1.54) is 48.7 Å². The number of likely N-dealkylation sites (tertiary alicyclic amines) is 1. The zero-order valence-electron chi connectivity index (χ0n) is 22.4. The first-order valence-electron chi connectivity index (χ1n) is 13.1. The minimum Gasteiger partial charge on any atom is -0.467 e. The summed E-state index contributed by atoms with van der Waals surface area (Å²) in [6.45, 7) is 3.48. The summed E-state index contributed by atoms with van der Waals surface area (Å²) >= 11 is 0. The zero-order chi connectivity index (χ0) is 27.5. The van der Waals surface area contributed by atoms with Crippen LogP contribution in [0.5, 0.6) is 5.75 Å². The molecule has 0 N–H and O–H groups in total. The van der Waals surface area contributed by atoms with Crippen molar-refractivity contribution >= 4 is 16.7 Å². The van der Waals surface area contributed by atoms with Crippen molar-refractivity contribution in [2.24, 2.45) is 0 Å². The maximum atomic E-state index is 14.3. The molecule has 8 heteroatoms. The summed E-state index contributed by atoms with van der Waals surface area (Å²) in [5, 5.41) is 0.372. The number of Topliss-reactive ketones (excluding diaryl/α,β-unsaturated/α-hetero) is 1. The summed E-state index contributed by atoms with van der Waals surface area (Å²) in [5.41, 5.74) is 3.55. The number of aromatic nitrogens is 2. The number of hydrogen-bond donors (Lipinski definition) is 0. The van der Waals surface area contributed by atoms with E-state index in [-0.39, 0.29) is 23.9 Å². The van der Waals surface area contributed by atoms with Crippen LogP contribution in [0.2, 0.25) is 0 Å². The molecule has 1 atom stereocenters. The Labute approximate surface area is 226 Å². The van der Waals surface area contributed by atoms with Crippen LogP contribution in [0.25, 0.3) is 22.0 Å². The molecular weight excluding hydrogens is 497 g/mol. The fourth-order valence-electron chi connectivity index (χ4n) is 5.34. The molecule has 0 spiro atoms. The Kier molecular flexibility index (Phi) is 7.86. The third-order valence-corrected chi connectivity index (χ3v) is 7.48. The highest BCUT2D eigenvalue weighted by molar-refractivity contribution is 5.86. The lowest BCUT2D eigenvalue weighted by atomic mass is 9.88. The lowest BCUT2D eigenvalue weighted by Crippen LogP contribution is -2.30. The van der Waals surface area contributed by atoms with Gasteiger partial charge in [0, 0.05) is 12.7 Å². The molecule has 1 aromatic heterocycles. The average Bonchev–Trinajstić information content (AvgIpc) is 2.94. The van der Waals surface area contributed by atoms with Crippen molar-refractivity contribution in [3.05, 3.63) is 94.3 Å². The minimum atomic E-state index is -1.12. The average molecular weight is 530 g/mol. The van der Waals surface area contributed by atoms with Gasteiger partial charge in [0.25, 0.3) is 5.56 Å². The smallest absolute Gasteiger partial charge is 0.262 e. The molecule has 1 fully saturated rings. The monoisotopic (exact) mass is 529 g/mol. The van der Waals surface area contributed by atoms with Gasteiger partial charge in [0.1, 0.15) is 17.6 Å². The molecule has 4 aromatic rings. The molecule has 0 aliphatic carbocycles. The molecule has 39 heavy (non-hydrogen) atoms. The Balaban J connectivity index is 1.52. The van der Waals surface area contributed by atoms with Crippen LogP contribution in [-0.2, 0) is 9.53 Å². The van der Waals surface area contributed by atoms with Crippen LogP contribution < -0.4 is 10.3 Å². The maximum absolute atomic E-state index is 14.3. The molecule has 7 nitrogen and oxygen atoms in total. The normalized spacial score (nSPS) is 15.4. The summed E-state index contributed by atoms with van der Waals surface area (Å²) in [4.78, 5) is 33.4. The van der Waals surface area contributed by atoms with Gasteiger partial charge in [0.15, 0.2) is 12.6 Å². The van der Waals surface area contributed by atoms with Crippen molar-refractivity contribution in [2.45, 2.75) is 31.7 Å². The van der Waals surface area contributed by atoms with Crippen LogP contribution in [-0.4, -0.2) is 54.3 Å². The number of ether oxygens (including phenoxy) is 2. The van der Waals surface area contributed by atoms with E-state index in [1.807, 2.05) is 6.07 Å². The largest absolute Gasteiger partial charge is 0.467 e. The molecule has 1 unspecified atom stereocenters. The molecule has 2 heterocycles. The second kappa shape index (κ2) is 11.5. The number of halogens is 1. The van der Waals surface area contributed by atoms with Gasteiger partial charge in [-0.2, -0.15) is 0 Å². The van der Waals surface area contributed by atoms with E-state index in [9.17, 15) is 14.0 Å². The quantitative estimate of drug-likeness (QED) is 0.293. The van der Waals surface area contributed by atoms with Gasteiger partial charge in [-0.3, -0.25) is 14.2 Å². The summed E-state index contributed by atoms with van der Waals surface area (Å²) in [6.07, 6.45) is 3.63. The molecule has 0 amide bonds. The third-order valence-electron chi connectivity index (χ3n) is 7.48. The van der Waals surface area contributed by atoms with E-state index in [4.69, 9.17) is 9.47 Å². The number of fused-ring (bicyclic) bond motifs is 1. The number of ketones is 1. The molecule has 0 saturated carbocycles. The molecule has 0 bridgehead atoms. The number of carbonyl (C=O) groups excluding carboxylic acids is 1. The fourth-order valence-corrected chi connectivity index (χ4v) is 5.34. The van der Waals surface area contributed by atoms with Crippen LogP contribution >= 0.6 is 0 Å². The van der Waals surface area contributed by atoms with Gasteiger partial charge >= 0.3 is 0 Å². The Hall–Kier alpha value is -3.88.